The molecule has 0 fully saturated rings. The van der Waals surface area contributed by atoms with Crippen molar-refractivity contribution in [2.45, 2.75) is 19.4 Å². The molecule has 0 aliphatic rings. The van der Waals surface area contributed by atoms with Crippen molar-refractivity contribution in [1.82, 2.24) is 4.98 Å². The normalized spacial score (nSPS) is 12.7. The van der Waals surface area contributed by atoms with Gasteiger partial charge in [-0.1, -0.05) is 0 Å². The Morgan fingerprint density at radius 2 is 2.33 bits per heavy atom. The summed E-state index contributed by atoms with van der Waals surface area (Å²) in [6.07, 6.45) is 4.41. The average molecular weight is 258 g/mol. The Labute approximate surface area is 109 Å². The van der Waals surface area contributed by atoms with Crippen molar-refractivity contribution in [2.24, 2.45) is 0 Å². The zero-order valence-corrected chi connectivity index (χ0v) is 10.9. The van der Waals surface area contributed by atoms with Crippen LogP contribution < -0.4 is 5.32 Å². The van der Waals surface area contributed by atoms with Crippen molar-refractivity contribution in [3.63, 3.8) is 0 Å². The Kier molecular flexibility index (Phi) is 3.02. The topological polar surface area (TPSA) is 38.1 Å². The van der Waals surface area contributed by atoms with Gasteiger partial charge in [-0.15, -0.1) is 11.3 Å². The van der Waals surface area contributed by atoms with Gasteiger partial charge in [0, 0.05) is 28.7 Å². The molecule has 0 saturated carbocycles. The van der Waals surface area contributed by atoms with Gasteiger partial charge in [-0.25, -0.2) is 4.98 Å². The SMILES string of the molecule is CC(Cc1ccco1)Nc1nccc2sccc12. The highest BCUT2D eigenvalue weighted by Gasteiger charge is 2.09. The average Bonchev–Trinajstić information content (AvgIpc) is 2.99. The molecule has 1 unspecified atom stereocenters. The second-order valence-corrected chi connectivity index (χ2v) is 5.27. The van der Waals surface area contributed by atoms with Gasteiger partial charge in [0.15, 0.2) is 0 Å². The highest BCUT2D eigenvalue weighted by atomic mass is 32.1. The molecule has 0 spiro atoms. The molecular formula is C14H14N2OS. The Morgan fingerprint density at radius 3 is 3.17 bits per heavy atom. The lowest BCUT2D eigenvalue weighted by Gasteiger charge is -2.13. The summed E-state index contributed by atoms with van der Waals surface area (Å²) < 4.78 is 6.62. The van der Waals surface area contributed by atoms with Crippen LogP contribution in [0.3, 0.4) is 0 Å². The minimum absolute atomic E-state index is 0.286. The van der Waals surface area contributed by atoms with Crippen molar-refractivity contribution in [3.05, 3.63) is 47.9 Å². The number of hydrogen-bond acceptors (Lipinski definition) is 4. The molecule has 18 heavy (non-hydrogen) atoms. The molecule has 92 valence electrons. The lowest BCUT2D eigenvalue weighted by atomic mass is 10.2. The minimum Gasteiger partial charge on any atom is -0.469 e. The quantitative estimate of drug-likeness (QED) is 0.770. The molecule has 0 aliphatic heterocycles. The molecule has 3 aromatic heterocycles. The first-order valence-corrected chi connectivity index (χ1v) is 6.82. The maximum absolute atomic E-state index is 5.36. The van der Waals surface area contributed by atoms with E-state index in [1.807, 2.05) is 24.4 Å². The van der Waals surface area contributed by atoms with E-state index in [2.05, 4.69) is 28.7 Å². The van der Waals surface area contributed by atoms with Gasteiger partial charge in [0.2, 0.25) is 0 Å². The van der Waals surface area contributed by atoms with Crippen molar-refractivity contribution < 1.29 is 4.42 Å². The molecule has 3 aromatic rings. The lowest BCUT2D eigenvalue weighted by Crippen LogP contribution is -2.18. The molecule has 0 bridgehead atoms. The van der Waals surface area contributed by atoms with E-state index >= 15 is 0 Å². The number of rotatable bonds is 4. The van der Waals surface area contributed by atoms with E-state index in [0.29, 0.717) is 0 Å². The van der Waals surface area contributed by atoms with E-state index in [9.17, 15) is 0 Å². The van der Waals surface area contributed by atoms with E-state index < -0.39 is 0 Å². The molecule has 0 aromatic carbocycles. The number of aromatic nitrogens is 1. The van der Waals surface area contributed by atoms with Crippen molar-refractivity contribution >= 4 is 27.2 Å². The number of pyridine rings is 1. The van der Waals surface area contributed by atoms with E-state index in [-0.39, 0.29) is 6.04 Å². The Hall–Kier alpha value is -1.81. The second-order valence-electron chi connectivity index (χ2n) is 4.32. The summed E-state index contributed by atoms with van der Waals surface area (Å²) >= 11 is 1.74. The Bertz CT molecular complexity index is 630. The van der Waals surface area contributed by atoms with Gasteiger partial charge >= 0.3 is 0 Å². The van der Waals surface area contributed by atoms with Crippen LogP contribution in [0.1, 0.15) is 12.7 Å². The number of nitrogens with one attached hydrogen (secondary N) is 1. The van der Waals surface area contributed by atoms with Crippen LogP contribution in [0.25, 0.3) is 10.1 Å². The van der Waals surface area contributed by atoms with Crippen LogP contribution in [0, 0.1) is 0 Å². The molecule has 3 rings (SSSR count). The number of furan rings is 1. The largest absolute Gasteiger partial charge is 0.469 e. The number of fused-ring (bicyclic) bond motifs is 1. The molecule has 3 heterocycles. The molecule has 0 radical (unpaired) electrons. The zero-order chi connectivity index (χ0) is 12.4. The summed E-state index contributed by atoms with van der Waals surface area (Å²) in [5, 5.41) is 6.73. The molecule has 0 amide bonds. The van der Waals surface area contributed by atoms with E-state index in [1.54, 1.807) is 17.6 Å². The summed E-state index contributed by atoms with van der Waals surface area (Å²) in [6, 6.07) is 8.35. The summed E-state index contributed by atoms with van der Waals surface area (Å²) in [7, 11) is 0. The molecular weight excluding hydrogens is 244 g/mol. The molecule has 0 saturated heterocycles. The molecule has 1 N–H and O–H groups in total. The van der Waals surface area contributed by atoms with Gasteiger partial charge in [0.25, 0.3) is 0 Å². The smallest absolute Gasteiger partial charge is 0.134 e. The van der Waals surface area contributed by atoms with Crippen LogP contribution in [-0.2, 0) is 6.42 Å². The molecule has 1 atom stereocenters. The van der Waals surface area contributed by atoms with Gasteiger partial charge in [0.05, 0.1) is 6.26 Å². The standard InChI is InChI=1S/C14H14N2OS/c1-10(9-11-3-2-7-17-11)16-14-12-5-8-18-13(12)4-6-15-14/h2-8,10H,9H2,1H3,(H,15,16). The molecule has 0 aliphatic carbocycles. The second kappa shape index (κ2) is 4.82. The van der Waals surface area contributed by atoms with Crippen LogP contribution in [0.4, 0.5) is 5.82 Å². The third-order valence-electron chi connectivity index (χ3n) is 2.85. The summed E-state index contributed by atoms with van der Waals surface area (Å²) in [4.78, 5) is 4.41. The first-order chi connectivity index (χ1) is 8.83. The minimum atomic E-state index is 0.286. The number of thiophene rings is 1. The van der Waals surface area contributed by atoms with Crippen molar-refractivity contribution in [2.75, 3.05) is 5.32 Å². The predicted octanol–water partition coefficient (Wildman–Crippen LogP) is 3.93. The monoisotopic (exact) mass is 258 g/mol. The van der Waals surface area contributed by atoms with Crippen molar-refractivity contribution in [3.8, 4) is 0 Å². The van der Waals surface area contributed by atoms with Gasteiger partial charge in [-0.2, -0.15) is 0 Å². The maximum Gasteiger partial charge on any atom is 0.134 e. The fraction of sp³-hybridized carbons (Fsp3) is 0.214. The number of hydrogen-bond donors (Lipinski definition) is 1. The van der Waals surface area contributed by atoms with E-state index in [0.717, 1.165) is 18.0 Å². The third-order valence-corrected chi connectivity index (χ3v) is 3.73. The molecule has 3 nitrogen and oxygen atoms in total. The van der Waals surface area contributed by atoms with Crippen LogP contribution in [0.5, 0.6) is 0 Å². The molecule has 4 heteroatoms. The van der Waals surface area contributed by atoms with Crippen LogP contribution in [0.15, 0.2) is 46.5 Å². The van der Waals surface area contributed by atoms with Gasteiger partial charge < -0.3 is 9.73 Å². The number of nitrogens with zero attached hydrogens (tertiary/aromatic N) is 1. The summed E-state index contributed by atoms with van der Waals surface area (Å²) in [5.74, 6) is 1.94. The lowest BCUT2D eigenvalue weighted by molar-refractivity contribution is 0.497. The van der Waals surface area contributed by atoms with Crippen LogP contribution in [0.2, 0.25) is 0 Å². The van der Waals surface area contributed by atoms with Crippen molar-refractivity contribution in [1.29, 1.82) is 0 Å². The van der Waals surface area contributed by atoms with Crippen LogP contribution in [-0.4, -0.2) is 11.0 Å². The number of anilines is 1. The highest BCUT2D eigenvalue weighted by Crippen LogP contribution is 2.26. The first kappa shape index (κ1) is 11.3. The van der Waals surface area contributed by atoms with Gasteiger partial charge in [-0.05, 0) is 36.6 Å². The maximum atomic E-state index is 5.36. The van der Waals surface area contributed by atoms with Gasteiger partial charge in [0.1, 0.15) is 11.6 Å². The fourth-order valence-corrected chi connectivity index (χ4v) is 2.81. The Balaban J connectivity index is 1.77. The third kappa shape index (κ3) is 2.24. The Morgan fingerprint density at radius 1 is 1.39 bits per heavy atom. The van der Waals surface area contributed by atoms with Gasteiger partial charge in [-0.3, -0.25) is 0 Å². The highest BCUT2D eigenvalue weighted by molar-refractivity contribution is 7.17. The fourth-order valence-electron chi connectivity index (χ4n) is 2.02. The van der Waals surface area contributed by atoms with E-state index in [1.165, 1.54) is 10.1 Å². The van der Waals surface area contributed by atoms with Crippen LogP contribution >= 0.6 is 11.3 Å². The predicted molar refractivity (Wildman–Crippen MR) is 75.1 cm³/mol. The van der Waals surface area contributed by atoms with E-state index in [4.69, 9.17) is 4.42 Å². The first-order valence-electron chi connectivity index (χ1n) is 5.94. The summed E-state index contributed by atoms with van der Waals surface area (Å²) in [6.45, 7) is 2.13. The zero-order valence-electron chi connectivity index (χ0n) is 10.1. The summed E-state index contributed by atoms with van der Waals surface area (Å²) in [5.41, 5.74) is 0.